The number of rotatable bonds is 5. The third-order valence-corrected chi connectivity index (χ3v) is 4.17. The number of nitrogens with one attached hydrogen (secondary N) is 1. The van der Waals surface area contributed by atoms with Crippen molar-refractivity contribution in [3.63, 3.8) is 0 Å². The molecule has 0 saturated heterocycles. The molecule has 2 aromatic carbocycles. The Hall–Kier alpha value is -3.28. The lowest BCUT2D eigenvalue weighted by molar-refractivity contribution is 0.102. The largest absolute Gasteiger partial charge is 0.497 e. The molecule has 1 amide bonds. The number of anilines is 1. The third-order valence-electron chi connectivity index (χ3n) is 4.17. The molecule has 0 aliphatic carbocycles. The summed E-state index contributed by atoms with van der Waals surface area (Å²) in [7, 11) is 3.13. The highest BCUT2D eigenvalue weighted by Gasteiger charge is 2.20. The van der Waals surface area contributed by atoms with Crippen molar-refractivity contribution in [1.29, 1.82) is 0 Å². The van der Waals surface area contributed by atoms with Crippen LogP contribution in [0.25, 0.3) is 5.69 Å². The lowest BCUT2D eigenvalue weighted by Gasteiger charge is -2.12. The first kappa shape index (κ1) is 17.5. The highest BCUT2D eigenvalue weighted by atomic mass is 16.5. The van der Waals surface area contributed by atoms with Crippen molar-refractivity contribution < 1.29 is 14.3 Å². The summed E-state index contributed by atoms with van der Waals surface area (Å²) in [6, 6.07) is 15.0. The van der Waals surface area contributed by atoms with Gasteiger partial charge in [0, 0.05) is 6.07 Å². The molecular formula is C20H21N3O3. The maximum atomic E-state index is 12.9. The van der Waals surface area contributed by atoms with Crippen LogP contribution >= 0.6 is 0 Å². The van der Waals surface area contributed by atoms with Crippen LogP contribution in [-0.4, -0.2) is 29.9 Å². The van der Waals surface area contributed by atoms with Gasteiger partial charge in [-0.1, -0.05) is 18.2 Å². The minimum atomic E-state index is -0.242. The normalized spacial score (nSPS) is 10.5. The van der Waals surface area contributed by atoms with Gasteiger partial charge in [-0.15, -0.1) is 0 Å². The van der Waals surface area contributed by atoms with Crippen LogP contribution in [0, 0.1) is 13.8 Å². The number of aromatic nitrogens is 2. The zero-order valence-corrected chi connectivity index (χ0v) is 15.2. The van der Waals surface area contributed by atoms with Gasteiger partial charge < -0.3 is 14.8 Å². The number of carbonyl (C=O) groups excluding carboxylic acids is 1. The summed E-state index contributed by atoms with van der Waals surface area (Å²) in [4.78, 5) is 12.9. The Labute approximate surface area is 152 Å². The second-order valence-corrected chi connectivity index (χ2v) is 5.81. The van der Waals surface area contributed by atoms with Crippen LogP contribution in [-0.2, 0) is 0 Å². The molecule has 0 spiro atoms. The smallest absolute Gasteiger partial charge is 0.259 e. The summed E-state index contributed by atoms with van der Waals surface area (Å²) < 4.78 is 12.3. The first-order valence-corrected chi connectivity index (χ1v) is 8.20. The maximum Gasteiger partial charge on any atom is 0.259 e. The van der Waals surface area contributed by atoms with Crippen molar-refractivity contribution in [2.24, 2.45) is 0 Å². The van der Waals surface area contributed by atoms with Gasteiger partial charge in [0.15, 0.2) is 0 Å². The molecule has 0 unspecified atom stereocenters. The molecule has 6 heteroatoms. The Kier molecular flexibility index (Phi) is 4.93. The van der Waals surface area contributed by atoms with Gasteiger partial charge in [-0.05, 0) is 38.1 Å². The molecule has 26 heavy (non-hydrogen) atoms. The lowest BCUT2D eigenvalue weighted by atomic mass is 10.1. The molecule has 1 heterocycles. The van der Waals surface area contributed by atoms with Gasteiger partial charge >= 0.3 is 0 Å². The number of carbonyl (C=O) groups is 1. The number of hydrogen-bond acceptors (Lipinski definition) is 4. The van der Waals surface area contributed by atoms with Crippen LogP contribution in [0.3, 0.4) is 0 Å². The lowest BCUT2D eigenvalue weighted by Crippen LogP contribution is -2.15. The summed E-state index contributed by atoms with van der Waals surface area (Å²) in [6.07, 6.45) is 0. The van der Waals surface area contributed by atoms with Crippen molar-refractivity contribution in [1.82, 2.24) is 9.78 Å². The van der Waals surface area contributed by atoms with E-state index in [0.717, 1.165) is 11.4 Å². The van der Waals surface area contributed by atoms with E-state index in [-0.39, 0.29) is 5.91 Å². The molecule has 6 nitrogen and oxygen atoms in total. The fourth-order valence-corrected chi connectivity index (χ4v) is 2.89. The zero-order chi connectivity index (χ0) is 18.7. The molecule has 1 N–H and O–H groups in total. The second kappa shape index (κ2) is 7.31. The van der Waals surface area contributed by atoms with Gasteiger partial charge in [-0.2, -0.15) is 5.10 Å². The fourth-order valence-electron chi connectivity index (χ4n) is 2.89. The Morgan fingerprint density at radius 1 is 1.04 bits per heavy atom. The minimum Gasteiger partial charge on any atom is -0.497 e. The number of nitrogens with zero attached hydrogens (tertiary/aromatic N) is 2. The highest BCUT2D eigenvalue weighted by molar-refractivity contribution is 6.06. The van der Waals surface area contributed by atoms with E-state index in [1.807, 2.05) is 44.2 Å². The van der Waals surface area contributed by atoms with Gasteiger partial charge in [0.25, 0.3) is 5.91 Å². The standard InChI is InChI=1S/C20H21N3O3/c1-13-19(14(2)23(22-13)15-8-6-5-7-9-15)20(24)21-17-12-16(25-3)10-11-18(17)26-4/h5-12H,1-4H3,(H,21,24). The predicted molar refractivity (Wildman–Crippen MR) is 101 cm³/mol. The van der Waals surface area contributed by atoms with E-state index in [2.05, 4.69) is 10.4 Å². The molecule has 1 aromatic heterocycles. The van der Waals surface area contributed by atoms with Crippen LogP contribution < -0.4 is 14.8 Å². The summed E-state index contributed by atoms with van der Waals surface area (Å²) in [6.45, 7) is 3.70. The molecule has 0 saturated carbocycles. The number of benzene rings is 2. The second-order valence-electron chi connectivity index (χ2n) is 5.81. The Bertz CT molecular complexity index is 933. The minimum absolute atomic E-state index is 0.242. The van der Waals surface area contributed by atoms with Crippen LogP contribution in [0.15, 0.2) is 48.5 Å². The van der Waals surface area contributed by atoms with E-state index in [9.17, 15) is 4.79 Å². The Balaban J connectivity index is 1.96. The molecule has 0 aliphatic heterocycles. The molecule has 134 valence electrons. The highest BCUT2D eigenvalue weighted by Crippen LogP contribution is 2.30. The molecule has 0 radical (unpaired) electrons. The van der Waals surface area contributed by atoms with E-state index in [1.54, 1.807) is 37.1 Å². The number of aryl methyl sites for hydroxylation is 1. The quantitative estimate of drug-likeness (QED) is 0.760. The van der Waals surface area contributed by atoms with Crippen LogP contribution in [0.1, 0.15) is 21.7 Å². The summed E-state index contributed by atoms with van der Waals surface area (Å²) in [5, 5.41) is 7.42. The SMILES string of the molecule is COc1ccc(OC)c(NC(=O)c2c(C)nn(-c3ccccc3)c2C)c1. The van der Waals surface area contributed by atoms with E-state index in [4.69, 9.17) is 9.47 Å². The molecule has 0 atom stereocenters. The van der Waals surface area contributed by atoms with E-state index < -0.39 is 0 Å². The molecule has 0 bridgehead atoms. The zero-order valence-electron chi connectivity index (χ0n) is 15.2. The van der Waals surface area contributed by atoms with Crippen molar-refractivity contribution in [2.45, 2.75) is 13.8 Å². The summed E-state index contributed by atoms with van der Waals surface area (Å²) in [5.74, 6) is 0.952. The topological polar surface area (TPSA) is 65.4 Å². The summed E-state index contributed by atoms with van der Waals surface area (Å²) >= 11 is 0. The van der Waals surface area contributed by atoms with Gasteiger partial charge in [-0.25, -0.2) is 4.68 Å². The van der Waals surface area contributed by atoms with Crippen LogP contribution in [0.2, 0.25) is 0 Å². The molecule has 0 fully saturated rings. The first-order chi connectivity index (χ1) is 12.5. The molecule has 0 aliphatic rings. The number of ether oxygens (including phenoxy) is 2. The predicted octanol–water partition coefficient (Wildman–Crippen LogP) is 3.76. The summed E-state index contributed by atoms with van der Waals surface area (Å²) in [5.41, 5.74) is 3.42. The average molecular weight is 351 g/mol. The number of hydrogen-bond donors (Lipinski definition) is 1. The maximum absolute atomic E-state index is 12.9. The Morgan fingerprint density at radius 3 is 2.42 bits per heavy atom. The van der Waals surface area contributed by atoms with Crippen molar-refractivity contribution >= 4 is 11.6 Å². The first-order valence-electron chi connectivity index (χ1n) is 8.20. The van der Waals surface area contributed by atoms with Crippen LogP contribution in [0.4, 0.5) is 5.69 Å². The van der Waals surface area contributed by atoms with Crippen molar-refractivity contribution in [3.8, 4) is 17.2 Å². The monoisotopic (exact) mass is 351 g/mol. The fraction of sp³-hybridized carbons (Fsp3) is 0.200. The van der Waals surface area contributed by atoms with E-state index >= 15 is 0 Å². The van der Waals surface area contributed by atoms with Crippen molar-refractivity contribution in [3.05, 3.63) is 65.5 Å². The number of methoxy groups -OCH3 is 2. The van der Waals surface area contributed by atoms with Gasteiger partial charge in [0.2, 0.25) is 0 Å². The molecular weight excluding hydrogens is 330 g/mol. The Morgan fingerprint density at radius 2 is 1.77 bits per heavy atom. The van der Waals surface area contributed by atoms with Crippen LogP contribution in [0.5, 0.6) is 11.5 Å². The number of amides is 1. The van der Waals surface area contributed by atoms with Gasteiger partial charge in [0.05, 0.1) is 42.5 Å². The van der Waals surface area contributed by atoms with E-state index in [0.29, 0.717) is 28.4 Å². The average Bonchev–Trinajstić information content (AvgIpc) is 2.96. The third kappa shape index (κ3) is 3.26. The molecule has 3 rings (SSSR count). The molecule has 3 aromatic rings. The van der Waals surface area contributed by atoms with E-state index in [1.165, 1.54) is 0 Å². The van der Waals surface area contributed by atoms with Gasteiger partial charge in [0.1, 0.15) is 11.5 Å². The number of para-hydroxylation sites is 1. The van der Waals surface area contributed by atoms with Crippen molar-refractivity contribution in [2.75, 3.05) is 19.5 Å². The van der Waals surface area contributed by atoms with Gasteiger partial charge in [-0.3, -0.25) is 4.79 Å².